The molecule has 18 heavy (non-hydrogen) atoms. The maximum atomic E-state index is 4.32. The number of aromatic nitrogens is 2. The minimum absolute atomic E-state index is 0.477. The monoisotopic (exact) mass is 241 g/mol. The predicted molar refractivity (Wildman–Crippen MR) is 72.4 cm³/mol. The van der Waals surface area contributed by atoms with Gasteiger partial charge in [-0.3, -0.25) is 0 Å². The first kappa shape index (κ1) is 11.5. The van der Waals surface area contributed by atoms with E-state index >= 15 is 0 Å². The first-order valence-corrected chi connectivity index (χ1v) is 6.71. The van der Waals surface area contributed by atoms with E-state index in [1.165, 1.54) is 30.5 Å². The fourth-order valence-corrected chi connectivity index (χ4v) is 2.64. The molecule has 0 bridgehead atoms. The van der Waals surface area contributed by atoms with Crippen LogP contribution in [-0.4, -0.2) is 16.1 Å². The second-order valence-electron chi connectivity index (χ2n) is 4.93. The summed E-state index contributed by atoms with van der Waals surface area (Å²) < 4.78 is 2.26. The van der Waals surface area contributed by atoms with Crippen LogP contribution in [0.15, 0.2) is 42.9 Å². The maximum absolute atomic E-state index is 4.32. The molecule has 0 aliphatic carbocycles. The lowest BCUT2D eigenvalue weighted by atomic mass is 10.0. The van der Waals surface area contributed by atoms with Crippen LogP contribution < -0.4 is 5.32 Å². The molecule has 1 aliphatic rings. The summed E-state index contributed by atoms with van der Waals surface area (Å²) in [7, 11) is 0. The molecule has 1 aliphatic heterocycles. The van der Waals surface area contributed by atoms with Crippen molar-refractivity contribution < 1.29 is 0 Å². The zero-order valence-electron chi connectivity index (χ0n) is 10.5. The van der Waals surface area contributed by atoms with E-state index in [-0.39, 0.29) is 0 Å². The SMILES string of the molecule is c1ccc(Cn2cncc2C2CCCCN2)cc1. The third kappa shape index (κ3) is 2.46. The van der Waals surface area contributed by atoms with Gasteiger partial charge in [-0.15, -0.1) is 0 Å². The average molecular weight is 241 g/mol. The summed E-state index contributed by atoms with van der Waals surface area (Å²) in [5.74, 6) is 0. The summed E-state index contributed by atoms with van der Waals surface area (Å²) in [4.78, 5) is 4.32. The molecule has 3 rings (SSSR count). The Hall–Kier alpha value is -1.61. The third-order valence-electron chi connectivity index (χ3n) is 3.61. The Bertz CT molecular complexity index is 483. The van der Waals surface area contributed by atoms with Crippen molar-refractivity contribution in [3.05, 3.63) is 54.1 Å². The van der Waals surface area contributed by atoms with Crippen molar-refractivity contribution in [1.29, 1.82) is 0 Å². The topological polar surface area (TPSA) is 29.9 Å². The number of rotatable bonds is 3. The van der Waals surface area contributed by atoms with Crippen LogP contribution in [0.5, 0.6) is 0 Å². The Morgan fingerprint density at radius 2 is 2.11 bits per heavy atom. The highest BCUT2D eigenvalue weighted by Gasteiger charge is 2.18. The number of nitrogens with one attached hydrogen (secondary N) is 1. The third-order valence-corrected chi connectivity index (χ3v) is 3.61. The lowest BCUT2D eigenvalue weighted by molar-refractivity contribution is 0.396. The van der Waals surface area contributed by atoms with Gasteiger partial charge in [0.15, 0.2) is 0 Å². The van der Waals surface area contributed by atoms with Gasteiger partial charge in [-0.05, 0) is 24.9 Å². The molecule has 94 valence electrons. The molecular formula is C15H19N3. The molecule has 1 fully saturated rings. The van der Waals surface area contributed by atoms with Gasteiger partial charge in [-0.2, -0.15) is 0 Å². The second-order valence-corrected chi connectivity index (χ2v) is 4.93. The first-order valence-electron chi connectivity index (χ1n) is 6.71. The van der Waals surface area contributed by atoms with Crippen molar-refractivity contribution >= 4 is 0 Å². The molecule has 0 amide bonds. The van der Waals surface area contributed by atoms with Crippen LogP contribution in [0.3, 0.4) is 0 Å². The standard InChI is InChI=1S/C15H19N3/c1-2-6-13(7-3-1)11-18-12-16-10-15(18)14-8-4-5-9-17-14/h1-3,6-7,10,12,14,17H,4-5,8-9,11H2. The summed E-state index contributed by atoms with van der Waals surface area (Å²) in [5, 5.41) is 3.59. The van der Waals surface area contributed by atoms with E-state index in [9.17, 15) is 0 Å². The van der Waals surface area contributed by atoms with E-state index in [0.29, 0.717) is 6.04 Å². The van der Waals surface area contributed by atoms with Gasteiger partial charge in [0, 0.05) is 18.8 Å². The molecule has 1 N–H and O–H groups in total. The summed E-state index contributed by atoms with van der Waals surface area (Å²) >= 11 is 0. The van der Waals surface area contributed by atoms with Gasteiger partial charge in [0.05, 0.1) is 12.0 Å². The molecule has 1 aromatic carbocycles. The number of nitrogens with zero attached hydrogens (tertiary/aromatic N) is 2. The summed E-state index contributed by atoms with van der Waals surface area (Å²) in [6.45, 7) is 2.04. The smallest absolute Gasteiger partial charge is 0.0951 e. The molecule has 1 aromatic heterocycles. The average Bonchev–Trinajstić information content (AvgIpc) is 2.89. The Morgan fingerprint density at radius 3 is 2.89 bits per heavy atom. The van der Waals surface area contributed by atoms with Crippen LogP contribution >= 0.6 is 0 Å². The van der Waals surface area contributed by atoms with Crippen molar-refractivity contribution in [3.8, 4) is 0 Å². The number of benzene rings is 1. The maximum Gasteiger partial charge on any atom is 0.0951 e. The van der Waals surface area contributed by atoms with Crippen molar-refractivity contribution in [1.82, 2.24) is 14.9 Å². The molecule has 1 atom stereocenters. The highest BCUT2D eigenvalue weighted by molar-refractivity contribution is 5.17. The number of piperidine rings is 1. The van der Waals surface area contributed by atoms with E-state index in [2.05, 4.69) is 45.2 Å². The van der Waals surface area contributed by atoms with Gasteiger partial charge in [0.1, 0.15) is 0 Å². The quantitative estimate of drug-likeness (QED) is 0.895. The van der Waals surface area contributed by atoms with Gasteiger partial charge < -0.3 is 9.88 Å². The van der Waals surface area contributed by atoms with Gasteiger partial charge in [-0.1, -0.05) is 36.8 Å². The highest BCUT2D eigenvalue weighted by Crippen LogP contribution is 2.23. The summed E-state index contributed by atoms with van der Waals surface area (Å²) in [6.07, 6.45) is 7.78. The van der Waals surface area contributed by atoms with Crippen LogP contribution in [0.25, 0.3) is 0 Å². The fourth-order valence-electron chi connectivity index (χ4n) is 2.64. The van der Waals surface area contributed by atoms with Crippen LogP contribution in [0.4, 0.5) is 0 Å². The molecule has 2 aromatic rings. The minimum atomic E-state index is 0.477. The highest BCUT2D eigenvalue weighted by atomic mass is 15.1. The van der Waals surface area contributed by atoms with Crippen LogP contribution in [0.2, 0.25) is 0 Å². The van der Waals surface area contributed by atoms with E-state index < -0.39 is 0 Å². The molecule has 1 saturated heterocycles. The zero-order valence-corrected chi connectivity index (χ0v) is 10.5. The van der Waals surface area contributed by atoms with Crippen molar-refractivity contribution in [3.63, 3.8) is 0 Å². The second kappa shape index (κ2) is 5.36. The molecule has 3 nitrogen and oxygen atoms in total. The lowest BCUT2D eigenvalue weighted by Crippen LogP contribution is -2.28. The van der Waals surface area contributed by atoms with E-state index in [0.717, 1.165) is 13.1 Å². The minimum Gasteiger partial charge on any atom is -0.329 e. The summed E-state index contributed by atoms with van der Waals surface area (Å²) in [6, 6.07) is 11.0. The number of hydrogen-bond donors (Lipinski definition) is 1. The normalized spacial score (nSPS) is 19.9. The molecule has 1 unspecified atom stereocenters. The molecule has 2 heterocycles. The van der Waals surface area contributed by atoms with Crippen molar-refractivity contribution in [2.24, 2.45) is 0 Å². The predicted octanol–water partition coefficient (Wildman–Crippen LogP) is 2.75. The first-order chi connectivity index (χ1) is 8.93. The molecular weight excluding hydrogens is 222 g/mol. The number of imidazole rings is 1. The van der Waals surface area contributed by atoms with Crippen LogP contribution in [-0.2, 0) is 6.54 Å². The molecule has 0 saturated carbocycles. The van der Waals surface area contributed by atoms with Crippen molar-refractivity contribution in [2.45, 2.75) is 31.8 Å². The van der Waals surface area contributed by atoms with Gasteiger partial charge in [0.25, 0.3) is 0 Å². The van der Waals surface area contributed by atoms with Gasteiger partial charge in [0.2, 0.25) is 0 Å². The lowest BCUT2D eigenvalue weighted by Gasteiger charge is -2.24. The van der Waals surface area contributed by atoms with Crippen LogP contribution in [0, 0.1) is 0 Å². The Morgan fingerprint density at radius 1 is 1.22 bits per heavy atom. The Kier molecular flexibility index (Phi) is 3.42. The van der Waals surface area contributed by atoms with E-state index in [1.807, 2.05) is 12.5 Å². The van der Waals surface area contributed by atoms with Gasteiger partial charge in [-0.25, -0.2) is 4.98 Å². The Labute approximate surface area is 108 Å². The fraction of sp³-hybridized carbons (Fsp3) is 0.400. The van der Waals surface area contributed by atoms with Crippen molar-refractivity contribution in [2.75, 3.05) is 6.54 Å². The molecule has 3 heteroatoms. The van der Waals surface area contributed by atoms with Gasteiger partial charge >= 0.3 is 0 Å². The van der Waals surface area contributed by atoms with E-state index in [4.69, 9.17) is 0 Å². The zero-order chi connectivity index (χ0) is 12.2. The van der Waals surface area contributed by atoms with E-state index in [1.54, 1.807) is 0 Å². The van der Waals surface area contributed by atoms with Crippen LogP contribution in [0.1, 0.15) is 36.6 Å². The Balaban J connectivity index is 1.78. The number of hydrogen-bond acceptors (Lipinski definition) is 2. The molecule has 0 radical (unpaired) electrons. The largest absolute Gasteiger partial charge is 0.329 e. The molecule has 0 spiro atoms. The summed E-state index contributed by atoms with van der Waals surface area (Å²) in [5.41, 5.74) is 2.64.